The molecule has 1 aliphatic rings. The zero-order valence-electron chi connectivity index (χ0n) is 10.4. The molecule has 0 amide bonds. The van der Waals surface area contributed by atoms with E-state index in [-0.39, 0.29) is 5.78 Å². The van der Waals surface area contributed by atoms with Gasteiger partial charge in [0.1, 0.15) is 13.2 Å². The van der Waals surface area contributed by atoms with E-state index in [2.05, 4.69) is 0 Å². The van der Waals surface area contributed by atoms with Crippen molar-refractivity contribution in [2.75, 3.05) is 13.2 Å². The third-order valence-corrected chi connectivity index (χ3v) is 2.97. The predicted molar refractivity (Wildman–Crippen MR) is 68.4 cm³/mol. The van der Waals surface area contributed by atoms with E-state index in [1.807, 2.05) is 35.2 Å². The Morgan fingerprint density at radius 2 is 1.79 bits per heavy atom. The largest absolute Gasteiger partial charge is 0.486 e. The molecule has 96 valence electrons. The summed E-state index contributed by atoms with van der Waals surface area (Å²) in [5.74, 6) is 1.40. The Balaban J connectivity index is 1.80. The molecule has 4 heteroatoms. The van der Waals surface area contributed by atoms with Crippen LogP contribution in [0.3, 0.4) is 0 Å². The van der Waals surface area contributed by atoms with Crippen molar-refractivity contribution >= 4 is 5.78 Å². The summed E-state index contributed by atoms with van der Waals surface area (Å²) in [5, 5.41) is 0. The zero-order valence-corrected chi connectivity index (χ0v) is 10.4. The molecule has 2 aromatic rings. The molecule has 19 heavy (non-hydrogen) atoms. The van der Waals surface area contributed by atoms with Gasteiger partial charge in [-0.15, -0.1) is 0 Å². The lowest BCUT2D eigenvalue weighted by Crippen LogP contribution is -2.36. The van der Waals surface area contributed by atoms with Crippen molar-refractivity contribution in [3.8, 4) is 11.5 Å². The molecular formula is C15H14NO3+. The summed E-state index contributed by atoms with van der Waals surface area (Å²) >= 11 is 0. The number of ether oxygens (including phenoxy) is 2. The van der Waals surface area contributed by atoms with Crippen LogP contribution in [0.15, 0.2) is 48.8 Å². The highest BCUT2D eigenvalue weighted by Gasteiger charge is 2.17. The Morgan fingerprint density at radius 1 is 1.05 bits per heavy atom. The number of hydrogen-bond acceptors (Lipinski definition) is 3. The summed E-state index contributed by atoms with van der Waals surface area (Å²) in [6.07, 6.45) is 3.74. The van der Waals surface area contributed by atoms with Crippen molar-refractivity contribution in [3.05, 3.63) is 54.4 Å². The van der Waals surface area contributed by atoms with Crippen LogP contribution in [0.4, 0.5) is 0 Å². The third-order valence-electron chi connectivity index (χ3n) is 2.97. The lowest BCUT2D eigenvalue weighted by Gasteiger charge is -2.18. The van der Waals surface area contributed by atoms with Crippen LogP contribution in [0.25, 0.3) is 0 Å². The van der Waals surface area contributed by atoms with Crippen molar-refractivity contribution in [2.24, 2.45) is 0 Å². The first-order chi connectivity index (χ1) is 9.33. The minimum atomic E-state index is 0.0492. The molecule has 1 aromatic heterocycles. The molecule has 0 saturated heterocycles. The molecule has 2 heterocycles. The van der Waals surface area contributed by atoms with Crippen molar-refractivity contribution in [1.82, 2.24) is 0 Å². The fourth-order valence-electron chi connectivity index (χ4n) is 2.01. The van der Waals surface area contributed by atoms with Crippen LogP contribution in [-0.4, -0.2) is 19.0 Å². The third kappa shape index (κ3) is 2.57. The molecule has 1 aliphatic heterocycles. The Hall–Kier alpha value is -2.36. The smallest absolute Gasteiger partial charge is 0.227 e. The van der Waals surface area contributed by atoms with E-state index in [0.29, 0.717) is 36.8 Å². The summed E-state index contributed by atoms with van der Waals surface area (Å²) in [6.45, 7) is 1.40. The van der Waals surface area contributed by atoms with Crippen molar-refractivity contribution in [3.63, 3.8) is 0 Å². The fraction of sp³-hybridized carbons (Fsp3) is 0.200. The number of ketones is 1. The van der Waals surface area contributed by atoms with Gasteiger partial charge in [0.15, 0.2) is 23.9 Å². The van der Waals surface area contributed by atoms with E-state index < -0.39 is 0 Å². The minimum absolute atomic E-state index is 0.0492. The molecule has 0 saturated carbocycles. The first-order valence-electron chi connectivity index (χ1n) is 6.20. The highest BCUT2D eigenvalue weighted by molar-refractivity contribution is 5.95. The van der Waals surface area contributed by atoms with Gasteiger partial charge in [0.25, 0.3) is 0 Å². The molecule has 0 bridgehead atoms. The average molecular weight is 256 g/mol. The molecule has 0 spiro atoms. The molecular weight excluding hydrogens is 242 g/mol. The number of benzene rings is 1. The second-order valence-corrected chi connectivity index (χ2v) is 4.33. The van der Waals surface area contributed by atoms with E-state index >= 15 is 0 Å². The molecule has 0 radical (unpaired) electrons. The predicted octanol–water partition coefficient (Wildman–Crippen LogP) is 1.63. The van der Waals surface area contributed by atoms with Crippen molar-refractivity contribution in [2.45, 2.75) is 6.54 Å². The van der Waals surface area contributed by atoms with E-state index in [9.17, 15) is 4.79 Å². The maximum atomic E-state index is 12.2. The highest BCUT2D eigenvalue weighted by atomic mass is 16.6. The Morgan fingerprint density at radius 3 is 2.58 bits per heavy atom. The maximum Gasteiger partial charge on any atom is 0.227 e. The van der Waals surface area contributed by atoms with Gasteiger partial charge >= 0.3 is 0 Å². The number of carbonyl (C=O) groups is 1. The van der Waals surface area contributed by atoms with Gasteiger partial charge in [0.2, 0.25) is 12.3 Å². The van der Waals surface area contributed by atoms with Gasteiger partial charge in [0, 0.05) is 17.7 Å². The van der Waals surface area contributed by atoms with Crippen LogP contribution < -0.4 is 14.0 Å². The summed E-state index contributed by atoms with van der Waals surface area (Å²) < 4.78 is 12.8. The van der Waals surface area contributed by atoms with Gasteiger partial charge in [-0.1, -0.05) is 6.07 Å². The Bertz CT molecular complexity index is 596. The molecule has 0 fully saturated rings. The number of nitrogens with zero attached hydrogens (tertiary/aromatic N) is 1. The molecule has 1 aromatic carbocycles. The van der Waals surface area contributed by atoms with Crippen LogP contribution in [0.5, 0.6) is 11.5 Å². The normalized spacial score (nSPS) is 13.1. The summed E-state index contributed by atoms with van der Waals surface area (Å²) in [5.41, 5.74) is 0.639. The van der Waals surface area contributed by atoms with Crippen LogP contribution in [0, 0.1) is 0 Å². The average Bonchev–Trinajstić information content (AvgIpc) is 2.48. The van der Waals surface area contributed by atoms with Crippen molar-refractivity contribution in [1.29, 1.82) is 0 Å². The molecule has 0 unspecified atom stereocenters. The Labute approximate surface area is 111 Å². The number of Topliss-reactive ketones (excluding diaryl/α,β-unsaturated/α-hetero) is 1. The van der Waals surface area contributed by atoms with Gasteiger partial charge in [0.05, 0.1) is 0 Å². The quantitative estimate of drug-likeness (QED) is 0.619. The number of fused-ring (bicyclic) bond motifs is 1. The van der Waals surface area contributed by atoms with Crippen LogP contribution >= 0.6 is 0 Å². The minimum Gasteiger partial charge on any atom is -0.486 e. The number of pyridine rings is 1. The van der Waals surface area contributed by atoms with Crippen molar-refractivity contribution < 1.29 is 18.8 Å². The number of carbonyl (C=O) groups excluding carboxylic acids is 1. The Kier molecular flexibility index (Phi) is 3.14. The lowest BCUT2D eigenvalue weighted by molar-refractivity contribution is -0.683. The van der Waals surface area contributed by atoms with Gasteiger partial charge in [-0.25, -0.2) is 0 Å². The van der Waals surface area contributed by atoms with E-state index in [4.69, 9.17) is 9.47 Å². The van der Waals surface area contributed by atoms with Crippen LogP contribution in [-0.2, 0) is 6.54 Å². The lowest BCUT2D eigenvalue weighted by atomic mass is 10.1. The number of aromatic nitrogens is 1. The summed E-state index contributed by atoms with van der Waals surface area (Å²) in [6, 6.07) is 11.0. The molecule has 0 N–H and O–H groups in total. The highest BCUT2D eigenvalue weighted by Crippen LogP contribution is 2.30. The van der Waals surface area contributed by atoms with E-state index in [1.165, 1.54) is 0 Å². The summed E-state index contributed by atoms with van der Waals surface area (Å²) in [4.78, 5) is 12.2. The van der Waals surface area contributed by atoms with Gasteiger partial charge < -0.3 is 9.47 Å². The second-order valence-electron chi connectivity index (χ2n) is 4.33. The molecule has 4 nitrogen and oxygen atoms in total. The fourth-order valence-corrected chi connectivity index (χ4v) is 2.01. The monoisotopic (exact) mass is 256 g/mol. The number of hydrogen-bond donors (Lipinski definition) is 0. The molecule has 0 atom stereocenters. The zero-order chi connectivity index (χ0) is 13.1. The second kappa shape index (κ2) is 5.10. The van der Waals surface area contributed by atoms with Gasteiger partial charge in [-0.2, -0.15) is 4.57 Å². The molecule has 0 aliphatic carbocycles. The standard InChI is InChI=1S/C15H14NO3/c17-13(11-16-6-2-1-3-7-16)12-4-5-14-15(10-12)19-9-8-18-14/h1-7,10H,8-9,11H2/q+1. The number of rotatable bonds is 3. The van der Waals surface area contributed by atoms with Crippen LogP contribution in [0.2, 0.25) is 0 Å². The first-order valence-corrected chi connectivity index (χ1v) is 6.20. The van der Waals surface area contributed by atoms with Crippen LogP contribution in [0.1, 0.15) is 10.4 Å². The molecule has 3 rings (SSSR count). The topological polar surface area (TPSA) is 39.4 Å². The van der Waals surface area contributed by atoms with Gasteiger partial charge in [-0.3, -0.25) is 4.79 Å². The first kappa shape index (κ1) is 11.7. The SMILES string of the molecule is O=C(C[n+]1ccccc1)c1ccc2c(c1)OCCO2. The maximum absolute atomic E-state index is 12.2. The van der Waals surface area contributed by atoms with E-state index in [1.54, 1.807) is 18.2 Å². The van der Waals surface area contributed by atoms with E-state index in [0.717, 1.165) is 0 Å². The van der Waals surface area contributed by atoms with Gasteiger partial charge in [-0.05, 0) is 18.2 Å². The summed E-state index contributed by atoms with van der Waals surface area (Å²) in [7, 11) is 0.